The Bertz CT molecular complexity index is 890. The molecule has 146 valence electrons. The highest BCUT2D eigenvalue weighted by molar-refractivity contribution is 5.97. The van der Waals surface area contributed by atoms with E-state index in [2.05, 4.69) is 4.98 Å². The van der Waals surface area contributed by atoms with E-state index in [1.165, 1.54) is 12.8 Å². The molecule has 1 saturated carbocycles. The van der Waals surface area contributed by atoms with Crippen molar-refractivity contribution >= 4 is 11.9 Å². The number of carboxylic acid groups (broad SMARTS) is 1. The molecule has 1 aliphatic heterocycles. The fraction of sp³-hybridized carbons (Fsp3) is 0.409. The predicted molar refractivity (Wildman–Crippen MR) is 104 cm³/mol. The molecule has 1 N–H and O–H groups in total. The average molecular weight is 380 g/mol. The van der Waals surface area contributed by atoms with Gasteiger partial charge in [0.1, 0.15) is 6.10 Å². The van der Waals surface area contributed by atoms with E-state index >= 15 is 0 Å². The van der Waals surface area contributed by atoms with Gasteiger partial charge in [-0.3, -0.25) is 9.59 Å². The van der Waals surface area contributed by atoms with Crippen molar-refractivity contribution in [3.05, 3.63) is 47.7 Å². The lowest BCUT2D eigenvalue weighted by molar-refractivity contribution is -0.137. The van der Waals surface area contributed by atoms with Crippen LogP contribution >= 0.6 is 0 Å². The number of carbonyl (C=O) groups excluding carboxylic acids is 1. The topological polar surface area (TPSA) is 79.7 Å². The second-order valence-corrected chi connectivity index (χ2v) is 7.44. The third-order valence-electron chi connectivity index (χ3n) is 5.53. The SMILES string of the molecule is O=C(O)CCN1CCc2cc(-c3cccnc3OC3CCCC3)ccc2C1=O. The lowest BCUT2D eigenvalue weighted by atomic mass is 9.94. The number of aromatic nitrogens is 1. The van der Waals surface area contributed by atoms with Gasteiger partial charge >= 0.3 is 5.97 Å². The van der Waals surface area contributed by atoms with E-state index in [-0.39, 0.29) is 25.0 Å². The summed E-state index contributed by atoms with van der Waals surface area (Å²) < 4.78 is 6.16. The highest BCUT2D eigenvalue weighted by Crippen LogP contribution is 2.33. The van der Waals surface area contributed by atoms with Crippen molar-refractivity contribution in [1.29, 1.82) is 0 Å². The number of hydrogen-bond donors (Lipinski definition) is 1. The van der Waals surface area contributed by atoms with Gasteiger partial charge in [-0.2, -0.15) is 0 Å². The molecule has 1 fully saturated rings. The van der Waals surface area contributed by atoms with Gasteiger partial charge in [-0.05, 0) is 61.4 Å². The molecule has 6 nitrogen and oxygen atoms in total. The second-order valence-electron chi connectivity index (χ2n) is 7.44. The van der Waals surface area contributed by atoms with Crippen LogP contribution in [0.15, 0.2) is 36.5 Å². The van der Waals surface area contributed by atoms with Gasteiger partial charge in [-0.25, -0.2) is 4.98 Å². The Hall–Kier alpha value is -2.89. The number of benzene rings is 1. The van der Waals surface area contributed by atoms with Crippen LogP contribution in [0.2, 0.25) is 0 Å². The Kier molecular flexibility index (Phi) is 5.28. The zero-order valence-corrected chi connectivity index (χ0v) is 15.8. The summed E-state index contributed by atoms with van der Waals surface area (Å²) in [5.41, 5.74) is 3.58. The number of rotatable bonds is 6. The number of pyridine rings is 1. The van der Waals surface area contributed by atoms with Gasteiger partial charge in [0, 0.05) is 30.4 Å². The molecular formula is C22H24N2O4. The Morgan fingerprint density at radius 1 is 1.21 bits per heavy atom. The summed E-state index contributed by atoms with van der Waals surface area (Å²) in [4.78, 5) is 29.5. The van der Waals surface area contributed by atoms with Crippen LogP contribution in [-0.2, 0) is 11.2 Å². The first-order chi connectivity index (χ1) is 13.6. The first-order valence-corrected chi connectivity index (χ1v) is 9.88. The minimum atomic E-state index is -0.889. The van der Waals surface area contributed by atoms with Gasteiger partial charge in [0.15, 0.2) is 0 Å². The van der Waals surface area contributed by atoms with Crippen LogP contribution in [-0.4, -0.2) is 46.1 Å². The van der Waals surface area contributed by atoms with Crippen molar-refractivity contribution in [1.82, 2.24) is 9.88 Å². The number of aliphatic carboxylic acids is 1. The monoisotopic (exact) mass is 380 g/mol. The summed E-state index contributed by atoms with van der Waals surface area (Å²) in [6.07, 6.45) is 7.20. The second kappa shape index (κ2) is 8.00. The lowest BCUT2D eigenvalue weighted by Gasteiger charge is -2.28. The highest BCUT2D eigenvalue weighted by Gasteiger charge is 2.25. The number of fused-ring (bicyclic) bond motifs is 1. The molecule has 4 rings (SSSR count). The first kappa shape index (κ1) is 18.5. The highest BCUT2D eigenvalue weighted by atomic mass is 16.5. The Labute approximate surface area is 164 Å². The molecule has 2 aromatic rings. The van der Waals surface area contributed by atoms with Gasteiger partial charge in [-0.15, -0.1) is 0 Å². The molecule has 0 bridgehead atoms. The van der Waals surface area contributed by atoms with Crippen molar-refractivity contribution in [2.24, 2.45) is 0 Å². The molecule has 2 heterocycles. The molecule has 0 saturated heterocycles. The van der Waals surface area contributed by atoms with E-state index < -0.39 is 5.97 Å². The molecule has 1 amide bonds. The molecule has 0 spiro atoms. The Morgan fingerprint density at radius 3 is 2.82 bits per heavy atom. The van der Waals surface area contributed by atoms with Crippen LogP contribution in [0.25, 0.3) is 11.1 Å². The van der Waals surface area contributed by atoms with E-state index in [9.17, 15) is 9.59 Å². The van der Waals surface area contributed by atoms with Crippen LogP contribution in [0.5, 0.6) is 5.88 Å². The third-order valence-corrected chi connectivity index (χ3v) is 5.53. The van der Waals surface area contributed by atoms with Gasteiger partial charge in [0.2, 0.25) is 5.88 Å². The van der Waals surface area contributed by atoms with E-state index in [1.54, 1.807) is 11.1 Å². The smallest absolute Gasteiger partial charge is 0.305 e. The van der Waals surface area contributed by atoms with Crippen LogP contribution in [0.4, 0.5) is 0 Å². The summed E-state index contributed by atoms with van der Waals surface area (Å²) in [7, 11) is 0. The first-order valence-electron chi connectivity index (χ1n) is 9.88. The lowest BCUT2D eigenvalue weighted by Crippen LogP contribution is -2.38. The Balaban J connectivity index is 1.57. The summed E-state index contributed by atoms with van der Waals surface area (Å²) in [6.45, 7) is 0.790. The molecule has 1 aromatic heterocycles. The number of nitrogens with zero attached hydrogens (tertiary/aromatic N) is 2. The maximum absolute atomic E-state index is 12.7. The quantitative estimate of drug-likeness (QED) is 0.829. The van der Waals surface area contributed by atoms with Gasteiger partial charge in [-0.1, -0.05) is 12.1 Å². The molecule has 0 atom stereocenters. The number of hydrogen-bond acceptors (Lipinski definition) is 4. The van der Waals surface area contributed by atoms with Crippen molar-refractivity contribution < 1.29 is 19.4 Å². The van der Waals surface area contributed by atoms with E-state index in [4.69, 9.17) is 9.84 Å². The largest absolute Gasteiger partial charge is 0.481 e. The molecule has 1 aromatic carbocycles. The van der Waals surface area contributed by atoms with Crippen LogP contribution in [0.1, 0.15) is 48.0 Å². The zero-order valence-electron chi connectivity index (χ0n) is 15.8. The van der Waals surface area contributed by atoms with E-state index in [0.29, 0.717) is 24.4 Å². The van der Waals surface area contributed by atoms with Crippen molar-refractivity contribution in [3.63, 3.8) is 0 Å². The van der Waals surface area contributed by atoms with Gasteiger partial charge in [0.25, 0.3) is 5.91 Å². The molecule has 1 aliphatic carbocycles. The third kappa shape index (κ3) is 3.86. The fourth-order valence-corrected chi connectivity index (χ4v) is 4.02. The van der Waals surface area contributed by atoms with Crippen LogP contribution in [0.3, 0.4) is 0 Å². The minimum absolute atomic E-state index is 0.0310. The molecule has 2 aliphatic rings. The standard InChI is InChI=1S/C22H24N2O4/c25-20(26)10-13-24-12-9-16-14-15(7-8-19(16)22(24)27)18-6-3-11-23-21(18)28-17-4-1-2-5-17/h3,6-8,11,14,17H,1-2,4-5,9-10,12-13H2,(H,25,26). The predicted octanol–water partition coefficient (Wildman–Crippen LogP) is 3.54. The molecular weight excluding hydrogens is 356 g/mol. The zero-order chi connectivity index (χ0) is 19.5. The summed E-state index contributed by atoms with van der Waals surface area (Å²) >= 11 is 0. The van der Waals surface area contributed by atoms with Gasteiger partial charge < -0.3 is 14.7 Å². The minimum Gasteiger partial charge on any atom is -0.481 e. The summed E-state index contributed by atoms with van der Waals surface area (Å²) in [5, 5.41) is 8.86. The molecule has 0 unspecified atom stereocenters. The number of amides is 1. The Morgan fingerprint density at radius 2 is 2.04 bits per heavy atom. The maximum atomic E-state index is 12.7. The van der Waals surface area contributed by atoms with Crippen LogP contribution in [0, 0.1) is 0 Å². The number of carboxylic acids is 1. The summed E-state index contributed by atoms with van der Waals surface area (Å²) in [5.74, 6) is -0.331. The average Bonchev–Trinajstić information content (AvgIpc) is 3.21. The van der Waals surface area contributed by atoms with Gasteiger partial charge in [0.05, 0.1) is 6.42 Å². The van der Waals surface area contributed by atoms with E-state index in [0.717, 1.165) is 29.5 Å². The maximum Gasteiger partial charge on any atom is 0.305 e. The molecule has 0 radical (unpaired) electrons. The normalized spacial score (nSPS) is 16.9. The van der Waals surface area contributed by atoms with Crippen molar-refractivity contribution in [2.75, 3.05) is 13.1 Å². The van der Waals surface area contributed by atoms with E-state index in [1.807, 2.05) is 30.3 Å². The van der Waals surface area contributed by atoms with Crippen molar-refractivity contribution in [3.8, 4) is 17.0 Å². The van der Waals surface area contributed by atoms with Crippen LogP contribution < -0.4 is 4.74 Å². The molecule has 6 heteroatoms. The van der Waals surface area contributed by atoms with Crippen molar-refractivity contribution in [2.45, 2.75) is 44.6 Å². The molecule has 28 heavy (non-hydrogen) atoms. The fourth-order valence-electron chi connectivity index (χ4n) is 4.02. The number of ether oxygens (including phenoxy) is 1. The number of carbonyl (C=O) groups is 2. The summed E-state index contributed by atoms with van der Waals surface area (Å²) in [6, 6.07) is 9.71.